The van der Waals surface area contributed by atoms with Crippen molar-refractivity contribution in [2.24, 2.45) is 0 Å². The summed E-state index contributed by atoms with van der Waals surface area (Å²) in [7, 11) is 0. The van der Waals surface area contributed by atoms with E-state index in [4.69, 9.17) is 9.94 Å². The van der Waals surface area contributed by atoms with Gasteiger partial charge < -0.3 is 5.11 Å². The number of rotatable bonds is 6. The lowest BCUT2D eigenvalue weighted by Crippen LogP contribution is -2.14. The van der Waals surface area contributed by atoms with E-state index in [2.05, 4.69) is 30.3 Å². The predicted octanol–water partition coefficient (Wildman–Crippen LogP) is 2.84. The zero-order chi connectivity index (χ0) is 13.5. The largest absolute Gasteiger partial charge is 0.394 e. The summed E-state index contributed by atoms with van der Waals surface area (Å²) in [5, 5.41) is 8.65. The molecule has 0 heterocycles. The third-order valence-electron chi connectivity index (χ3n) is 2.71. The van der Waals surface area contributed by atoms with Crippen molar-refractivity contribution in [1.82, 2.24) is 5.48 Å². The maximum Gasteiger partial charge on any atom is 0.0976 e. The van der Waals surface area contributed by atoms with Crippen molar-refractivity contribution in [2.75, 3.05) is 13.2 Å². The minimum atomic E-state index is -0.0235. The van der Waals surface area contributed by atoms with Crippen molar-refractivity contribution < 1.29 is 9.94 Å². The van der Waals surface area contributed by atoms with Crippen LogP contribution < -0.4 is 5.48 Å². The lowest BCUT2D eigenvalue weighted by atomic mass is 10.0. The first-order valence-electron chi connectivity index (χ1n) is 6.14. The minimum Gasteiger partial charge on any atom is -0.394 e. The normalized spacial score (nSPS) is 10.2. The Bertz CT molecular complexity index is 537. The van der Waals surface area contributed by atoms with Gasteiger partial charge in [0.1, 0.15) is 0 Å². The Balaban J connectivity index is 2.13. The number of hydrogen-bond donors (Lipinski definition) is 2. The number of hydrogen-bond acceptors (Lipinski definition) is 3. The third kappa shape index (κ3) is 3.68. The fourth-order valence-corrected chi connectivity index (χ4v) is 1.76. The van der Waals surface area contributed by atoms with E-state index in [-0.39, 0.29) is 13.2 Å². The lowest BCUT2D eigenvalue weighted by Gasteiger charge is -2.10. The van der Waals surface area contributed by atoms with Crippen molar-refractivity contribution >= 4 is 5.70 Å². The highest BCUT2D eigenvalue weighted by atomic mass is 16.6. The molecule has 0 aliphatic heterocycles. The molecule has 0 atom stereocenters. The van der Waals surface area contributed by atoms with E-state index in [1.807, 2.05) is 36.4 Å². The molecule has 0 saturated heterocycles. The van der Waals surface area contributed by atoms with Crippen molar-refractivity contribution in [1.29, 1.82) is 0 Å². The molecule has 0 saturated carbocycles. The summed E-state index contributed by atoms with van der Waals surface area (Å²) in [6.45, 7) is 4.12. The quantitative estimate of drug-likeness (QED) is 0.616. The topological polar surface area (TPSA) is 41.5 Å². The SMILES string of the molecule is C=C(NOCCO)c1cccc(-c2ccccc2)c1. The zero-order valence-corrected chi connectivity index (χ0v) is 10.7. The highest BCUT2D eigenvalue weighted by Crippen LogP contribution is 2.22. The molecule has 0 aromatic heterocycles. The highest BCUT2D eigenvalue weighted by molar-refractivity contribution is 5.70. The van der Waals surface area contributed by atoms with Crippen LogP contribution in [0.3, 0.4) is 0 Å². The Hall–Kier alpha value is -2.10. The van der Waals surface area contributed by atoms with E-state index < -0.39 is 0 Å². The van der Waals surface area contributed by atoms with Gasteiger partial charge in [0.2, 0.25) is 0 Å². The lowest BCUT2D eigenvalue weighted by molar-refractivity contribution is 0.0481. The first-order valence-corrected chi connectivity index (χ1v) is 6.14. The third-order valence-corrected chi connectivity index (χ3v) is 2.71. The fourth-order valence-electron chi connectivity index (χ4n) is 1.76. The predicted molar refractivity (Wildman–Crippen MR) is 77.1 cm³/mol. The molecule has 0 unspecified atom stereocenters. The van der Waals surface area contributed by atoms with Gasteiger partial charge in [-0.05, 0) is 22.8 Å². The number of nitrogens with one attached hydrogen (secondary N) is 1. The highest BCUT2D eigenvalue weighted by Gasteiger charge is 2.02. The number of aliphatic hydroxyl groups is 1. The molecule has 0 aliphatic carbocycles. The Morgan fingerprint density at radius 1 is 1.05 bits per heavy atom. The Labute approximate surface area is 113 Å². The molecule has 2 N–H and O–H groups in total. The molecule has 0 aliphatic rings. The first kappa shape index (κ1) is 13.3. The first-order chi connectivity index (χ1) is 9.31. The van der Waals surface area contributed by atoms with Crippen LogP contribution in [0.25, 0.3) is 16.8 Å². The van der Waals surface area contributed by atoms with Gasteiger partial charge in [-0.2, -0.15) is 0 Å². The Morgan fingerprint density at radius 3 is 2.53 bits per heavy atom. The van der Waals surface area contributed by atoms with Gasteiger partial charge in [0, 0.05) is 0 Å². The molecule has 0 spiro atoms. The number of benzene rings is 2. The molecule has 19 heavy (non-hydrogen) atoms. The molecule has 2 rings (SSSR count). The Kier molecular flexibility index (Phi) is 4.72. The molecule has 0 bridgehead atoms. The van der Waals surface area contributed by atoms with Crippen molar-refractivity contribution in [2.45, 2.75) is 0 Å². The van der Waals surface area contributed by atoms with Crippen LogP contribution >= 0.6 is 0 Å². The summed E-state index contributed by atoms with van der Waals surface area (Å²) in [5.41, 5.74) is 6.64. The molecule has 3 heteroatoms. The second kappa shape index (κ2) is 6.73. The summed E-state index contributed by atoms with van der Waals surface area (Å²) in [5.74, 6) is 0. The molecule has 2 aromatic carbocycles. The molecular weight excluding hydrogens is 238 g/mol. The van der Waals surface area contributed by atoms with Crippen molar-refractivity contribution in [3.05, 3.63) is 66.7 Å². The molecule has 98 valence electrons. The van der Waals surface area contributed by atoms with Crippen molar-refractivity contribution in [3.63, 3.8) is 0 Å². The van der Waals surface area contributed by atoms with Gasteiger partial charge in [0.15, 0.2) is 0 Å². The summed E-state index contributed by atoms with van der Waals surface area (Å²) < 4.78 is 0. The van der Waals surface area contributed by atoms with E-state index in [0.29, 0.717) is 5.70 Å². The monoisotopic (exact) mass is 255 g/mol. The molecule has 3 nitrogen and oxygen atoms in total. The van der Waals surface area contributed by atoms with Crippen molar-refractivity contribution in [3.8, 4) is 11.1 Å². The second-order valence-corrected chi connectivity index (χ2v) is 4.10. The number of hydroxylamine groups is 1. The molecule has 2 aromatic rings. The van der Waals surface area contributed by atoms with E-state index in [0.717, 1.165) is 16.7 Å². The van der Waals surface area contributed by atoms with Gasteiger partial charge in [-0.1, -0.05) is 55.1 Å². The molecule has 0 fully saturated rings. The average molecular weight is 255 g/mol. The molecule has 0 amide bonds. The van der Waals surface area contributed by atoms with Gasteiger partial charge in [0.05, 0.1) is 18.9 Å². The number of aliphatic hydroxyl groups excluding tert-OH is 1. The van der Waals surface area contributed by atoms with Crippen LogP contribution in [0.4, 0.5) is 0 Å². The van der Waals surface area contributed by atoms with Gasteiger partial charge in [-0.25, -0.2) is 0 Å². The average Bonchev–Trinajstić information content (AvgIpc) is 2.48. The molecule has 0 radical (unpaired) electrons. The summed E-state index contributed by atoms with van der Waals surface area (Å²) in [6, 6.07) is 18.2. The van der Waals surface area contributed by atoms with Gasteiger partial charge in [-0.15, -0.1) is 0 Å². The van der Waals surface area contributed by atoms with E-state index in [1.54, 1.807) is 0 Å². The maximum absolute atomic E-state index is 8.65. The van der Waals surface area contributed by atoms with E-state index in [9.17, 15) is 0 Å². The van der Waals surface area contributed by atoms with Crippen LogP contribution in [0.1, 0.15) is 5.56 Å². The van der Waals surface area contributed by atoms with E-state index in [1.165, 1.54) is 0 Å². The van der Waals surface area contributed by atoms with Crippen LogP contribution in [0.15, 0.2) is 61.2 Å². The second-order valence-electron chi connectivity index (χ2n) is 4.10. The zero-order valence-electron chi connectivity index (χ0n) is 10.7. The van der Waals surface area contributed by atoms with E-state index >= 15 is 0 Å². The van der Waals surface area contributed by atoms with Gasteiger partial charge in [0.25, 0.3) is 0 Å². The minimum absolute atomic E-state index is 0.0235. The van der Waals surface area contributed by atoms with Crippen LogP contribution in [0, 0.1) is 0 Å². The Morgan fingerprint density at radius 2 is 1.79 bits per heavy atom. The standard InChI is InChI=1S/C16H17NO2/c1-13(17-19-11-10-18)15-8-5-9-16(12-15)14-6-3-2-4-7-14/h2-9,12,17-18H,1,10-11H2. The smallest absolute Gasteiger partial charge is 0.0976 e. The van der Waals surface area contributed by atoms with Crippen LogP contribution in [0.5, 0.6) is 0 Å². The summed E-state index contributed by atoms with van der Waals surface area (Å²) >= 11 is 0. The van der Waals surface area contributed by atoms with Crippen LogP contribution in [-0.2, 0) is 4.84 Å². The van der Waals surface area contributed by atoms with Gasteiger partial charge in [-0.3, -0.25) is 10.3 Å². The fraction of sp³-hybridized carbons (Fsp3) is 0.125. The summed E-state index contributed by atoms with van der Waals surface area (Å²) in [6.07, 6.45) is 0. The van der Waals surface area contributed by atoms with Crippen LogP contribution in [0.2, 0.25) is 0 Å². The summed E-state index contributed by atoms with van der Waals surface area (Å²) in [4.78, 5) is 5.05. The van der Waals surface area contributed by atoms with Crippen LogP contribution in [-0.4, -0.2) is 18.3 Å². The van der Waals surface area contributed by atoms with Gasteiger partial charge >= 0.3 is 0 Å². The molecular formula is C16H17NO2. The maximum atomic E-state index is 8.65.